The van der Waals surface area contributed by atoms with E-state index in [0.29, 0.717) is 12.2 Å². The Balaban J connectivity index is 2.51. The van der Waals surface area contributed by atoms with Crippen molar-refractivity contribution in [1.82, 2.24) is 0 Å². The van der Waals surface area contributed by atoms with Crippen LogP contribution in [0.25, 0.3) is 11.0 Å². The highest BCUT2D eigenvalue weighted by Crippen LogP contribution is 2.28. The van der Waals surface area contributed by atoms with Gasteiger partial charge in [-0.2, -0.15) is 0 Å². The normalized spacial score (nSPS) is 10.7. The average Bonchev–Trinajstić information content (AvgIpc) is 2.62. The van der Waals surface area contributed by atoms with Crippen molar-refractivity contribution in [3.05, 3.63) is 34.0 Å². The summed E-state index contributed by atoms with van der Waals surface area (Å²) in [6.45, 7) is 4.10. The summed E-state index contributed by atoms with van der Waals surface area (Å²) in [6.07, 6.45) is 0. The van der Waals surface area contributed by atoms with Gasteiger partial charge in [0.2, 0.25) is 5.76 Å². The molecule has 2 aromatic rings. The number of hydrogen-bond acceptors (Lipinski definition) is 3. The molecule has 3 nitrogen and oxygen atoms in total. The van der Waals surface area contributed by atoms with E-state index in [1.165, 1.54) is 0 Å². The van der Waals surface area contributed by atoms with Crippen LogP contribution in [-0.2, 0) is 4.74 Å². The topological polar surface area (TPSA) is 39.4 Å². The minimum atomic E-state index is -0.428. The summed E-state index contributed by atoms with van der Waals surface area (Å²) in [5.41, 5.74) is 1.78. The number of fused-ring (bicyclic) bond motifs is 1. The molecule has 0 N–H and O–H groups in total. The van der Waals surface area contributed by atoms with Crippen molar-refractivity contribution in [2.45, 2.75) is 13.8 Å². The van der Waals surface area contributed by atoms with Gasteiger partial charge in [0, 0.05) is 5.39 Å². The zero-order chi connectivity index (χ0) is 11.7. The first-order chi connectivity index (χ1) is 7.61. The average molecular weight is 283 g/mol. The van der Waals surface area contributed by atoms with Crippen LogP contribution in [0.3, 0.4) is 0 Å². The second-order valence-corrected chi connectivity index (χ2v) is 4.35. The van der Waals surface area contributed by atoms with Crippen LogP contribution in [0.4, 0.5) is 0 Å². The van der Waals surface area contributed by atoms with E-state index in [2.05, 4.69) is 15.9 Å². The Hall–Kier alpha value is -1.29. The van der Waals surface area contributed by atoms with Crippen molar-refractivity contribution in [1.29, 1.82) is 0 Å². The van der Waals surface area contributed by atoms with Crippen LogP contribution < -0.4 is 0 Å². The number of benzene rings is 1. The standard InChI is InChI=1S/C12H11BrO3/c1-3-15-12(14)10-6-8-4-7(2)5-9(13)11(8)16-10/h4-6H,3H2,1-2H3. The van der Waals surface area contributed by atoms with Gasteiger partial charge in [-0.05, 0) is 53.5 Å². The number of aryl methyl sites for hydroxylation is 1. The maximum atomic E-state index is 11.5. The van der Waals surface area contributed by atoms with Gasteiger partial charge in [-0.15, -0.1) is 0 Å². The van der Waals surface area contributed by atoms with Gasteiger partial charge in [0.1, 0.15) is 5.58 Å². The van der Waals surface area contributed by atoms with E-state index in [4.69, 9.17) is 9.15 Å². The molecule has 16 heavy (non-hydrogen) atoms. The predicted octanol–water partition coefficient (Wildman–Crippen LogP) is 3.68. The highest BCUT2D eigenvalue weighted by Gasteiger charge is 2.14. The van der Waals surface area contributed by atoms with Gasteiger partial charge in [-0.1, -0.05) is 0 Å². The third-order valence-electron chi connectivity index (χ3n) is 2.19. The summed E-state index contributed by atoms with van der Waals surface area (Å²) >= 11 is 3.40. The monoisotopic (exact) mass is 282 g/mol. The molecule has 0 unspecified atom stereocenters. The van der Waals surface area contributed by atoms with Gasteiger partial charge < -0.3 is 9.15 Å². The SMILES string of the molecule is CCOC(=O)c1cc2cc(C)cc(Br)c2o1. The quantitative estimate of drug-likeness (QED) is 0.789. The second-order valence-electron chi connectivity index (χ2n) is 3.50. The van der Waals surface area contributed by atoms with E-state index in [1.807, 2.05) is 19.1 Å². The maximum Gasteiger partial charge on any atom is 0.374 e. The fourth-order valence-electron chi connectivity index (χ4n) is 1.55. The molecule has 84 valence electrons. The van der Waals surface area contributed by atoms with E-state index >= 15 is 0 Å². The largest absolute Gasteiger partial charge is 0.460 e. The Kier molecular flexibility index (Phi) is 3.01. The van der Waals surface area contributed by atoms with E-state index < -0.39 is 5.97 Å². The van der Waals surface area contributed by atoms with Crippen molar-refractivity contribution in [2.75, 3.05) is 6.61 Å². The highest BCUT2D eigenvalue weighted by atomic mass is 79.9. The van der Waals surface area contributed by atoms with Crippen LogP contribution in [0.1, 0.15) is 23.0 Å². The molecule has 0 saturated carbocycles. The lowest BCUT2D eigenvalue weighted by Crippen LogP contribution is -2.02. The molecule has 0 spiro atoms. The van der Waals surface area contributed by atoms with Crippen molar-refractivity contribution >= 4 is 32.9 Å². The van der Waals surface area contributed by atoms with Crippen LogP contribution in [0.5, 0.6) is 0 Å². The summed E-state index contributed by atoms with van der Waals surface area (Å²) in [4.78, 5) is 11.5. The third kappa shape index (κ3) is 1.97. The number of esters is 1. The molecule has 1 heterocycles. The number of rotatable bonds is 2. The summed E-state index contributed by atoms with van der Waals surface area (Å²) < 4.78 is 11.2. The Morgan fingerprint density at radius 3 is 2.88 bits per heavy atom. The number of halogens is 1. The van der Waals surface area contributed by atoms with E-state index in [-0.39, 0.29) is 5.76 Å². The van der Waals surface area contributed by atoms with Crippen molar-refractivity contribution in [3.63, 3.8) is 0 Å². The zero-order valence-electron chi connectivity index (χ0n) is 9.04. The molecule has 0 aliphatic rings. The number of ether oxygens (including phenoxy) is 1. The summed E-state index contributed by atoms with van der Waals surface area (Å²) in [5, 5.41) is 0.898. The Bertz CT molecular complexity index is 542. The molecule has 0 bridgehead atoms. The van der Waals surface area contributed by atoms with E-state index in [0.717, 1.165) is 15.4 Å². The molecule has 0 amide bonds. The molecule has 1 aromatic heterocycles. The lowest BCUT2D eigenvalue weighted by Gasteiger charge is -1.96. The summed E-state index contributed by atoms with van der Waals surface area (Å²) in [5.74, 6) is -0.189. The van der Waals surface area contributed by atoms with Gasteiger partial charge in [-0.3, -0.25) is 0 Å². The zero-order valence-corrected chi connectivity index (χ0v) is 10.6. The van der Waals surface area contributed by atoms with Crippen LogP contribution >= 0.6 is 15.9 Å². The molecule has 0 fully saturated rings. The van der Waals surface area contributed by atoms with Crippen molar-refractivity contribution < 1.29 is 13.9 Å². The molecular weight excluding hydrogens is 272 g/mol. The summed E-state index contributed by atoms with van der Waals surface area (Å²) in [6, 6.07) is 5.61. The van der Waals surface area contributed by atoms with Crippen LogP contribution in [-0.4, -0.2) is 12.6 Å². The molecule has 0 radical (unpaired) electrons. The minimum Gasteiger partial charge on any atom is -0.460 e. The molecule has 0 saturated heterocycles. The molecule has 0 atom stereocenters. The van der Waals surface area contributed by atoms with Crippen LogP contribution in [0.2, 0.25) is 0 Å². The van der Waals surface area contributed by atoms with Gasteiger partial charge in [0.05, 0.1) is 11.1 Å². The smallest absolute Gasteiger partial charge is 0.374 e. The summed E-state index contributed by atoms with van der Waals surface area (Å²) in [7, 11) is 0. The molecule has 1 aromatic carbocycles. The molecular formula is C12H11BrO3. The van der Waals surface area contributed by atoms with Crippen LogP contribution in [0, 0.1) is 6.92 Å². The van der Waals surface area contributed by atoms with Gasteiger partial charge in [0.25, 0.3) is 0 Å². The first kappa shape index (κ1) is 11.2. The van der Waals surface area contributed by atoms with Crippen molar-refractivity contribution in [3.8, 4) is 0 Å². The van der Waals surface area contributed by atoms with Gasteiger partial charge in [-0.25, -0.2) is 4.79 Å². The molecule has 0 aliphatic heterocycles. The van der Waals surface area contributed by atoms with Crippen LogP contribution in [0.15, 0.2) is 27.1 Å². The highest BCUT2D eigenvalue weighted by molar-refractivity contribution is 9.10. The number of furan rings is 1. The van der Waals surface area contributed by atoms with Gasteiger partial charge >= 0.3 is 5.97 Å². The molecule has 0 aliphatic carbocycles. The number of carbonyl (C=O) groups excluding carboxylic acids is 1. The predicted molar refractivity (Wildman–Crippen MR) is 64.6 cm³/mol. The van der Waals surface area contributed by atoms with Gasteiger partial charge in [0.15, 0.2) is 0 Å². The molecule has 2 rings (SSSR count). The lowest BCUT2D eigenvalue weighted by atomic mass is 10.2. The first-order valence-corrected chi connectivity index (χ1v) is 5.78. The third-order valence-corrected chi connectivity index (χ3v) is 2.78. The number of carbonyl (C=O) groups is 1. The van der Waals surface area contributed by atoms with E-state index in [1.54, 1.807) is 13.0 Å². The Labute approximate surface area is 102 Å². The second kappa shape index (κ2) is 4.29. The Morgan fingerprint density at radius 2 is 2.19 bits per heavy atom. The minimum absolute atomic E-state index is 0.239. The fraction of sp³-hybridized carbons (Fsp3) is 0.250. The fourth-order valence-corrected chi connectivity index (χ4v) is 2.23. The lowest BCUT2D eigenvalue weighted by molar-refractivity contribution is 0.0492. The first-order valence-electron chi connectivity index (χ1n) is 4.98. The van der Waals surface area contributed by atoms with E-state index in [9.17, 15) is 4.79 Å². The maximum absolute atomic E-state index is 11.5. The van der Waals surface area contributed by atoms with Crippen molar-refractivity contribution in [2.24, 2.45) is 0 Å². The number of hydrogen-bond donors (Lipinski definition) is 0. The molecule has 4 heteroatoms. The Morgan fingerprint density at radius 1 is 1.44 bits per heavy atom.